The minimum absolute atomic E-state index is 0.375. The molecule has 0 unspecified atom stereocenters. The second kappa shape index (κ2) is 8.05. The average molecular weight is 399 g/mol. The maximum atomic E-state index is 11.4. The van der Waals surface area contributed by atoms with Crippen LogP contribution in [0.15, 0.2) is 57.9 Å². The van der Waals surface area contributed by atoms with E-state index < -0.39 is 5.24 Å². The van der Waals surface area contributed by atoms with Crippen LogP contribution in [-0.2, 0) is 0 Å². The summed E-state index contributed by atoms with van der Waals surface area (Å²) < 4.78 is 0.743. The molecule has 0 aliphatic heterocycles. The highest BCUT2D eigenvalue weighted by atomic mass is 35.5. The summed E-state index contributed by atoms with van der Waals surface area (Å²) in [5.74, 6) is 0.405. The Kier molecular flexibility index (Phi) is 5.77. The van der Waals surface area contributed by atoms with E-state index in [1.807, 2.05) is 18.3 Å². The summed E-state index contributed by atoms with van der Waals surface area (Å²) in [6.07, 6.45) is 3.60. The first-order valence-corrected chi connectivity index (χ1v) is 9.96. The van der Waals surface area contributed by atoms with Crippen LogP contribution in [0.25, 0.3) is 11.1 Å². The highest BCUT2D eigenvalue weighted by Crippen LogP contribution is 2.38. The maximum absolute atomic E-state index is 11.4. The molecular formula is C20H15ClN2OS2. The maximum Gasteiger partial charge on any atom is 0.262 e. The number of nitrogens with zero attached hydrogens (tertiary/aromatic N) is 2. The molecule has 0 spiro atoms. The van der Waals surface area contributed by atoms with Crippen molar-refractivity contribution in [3.8, 4) is 17.2 Å². The lowest BCUT2D eigenvalue weighted by molar-refractivity contribution is 0.108. The first kappa shape index (κ1) is 18.7. The van der Waals surface area contributed by atoms with E-state index in [1.165, 1.54) is 34.7 Å². The van der Waals surface area contributed by atoms with Gasteiger partial charge in [-0.15, -0.1) is 11.3 Å². The molecule has 0 fully saturated rings. The van der Waals surface area contributed by atoms with Gasteiger partial charge in [-0.2, -0.15) is 5.26 Å². The van der Waals surface area contributed by atoms with E-state index in [1.54, 1.807) is 6.20 Å². The third-order valence-electron chi connectivity index (χ3n) is 3.83. The van der Waals surface area contributed by atoms with E-state index in [9.17, 15) is 10.1 Å². The zero-order valence-corrected chi connectivity index (χ0v) is 16.6. The Labute approximate surface area is 165 Å². The zero-order valence-electron chi connectivity index (χ0n) is 14.2. The van der Waals surface area contributed by atoms with Crippen molar-refractivity contribution in [3.05, 3.63) is 64.8 Å². The number of carbonyl (C=O) groups is 1. The number of aromatic nitrogens is 1. The summed E-state index contributed by atoms with van der Waals surface area (Å²) >= 11 is 8.19. The Hall–Kier alpha value is -2.13. The van der Waals surface area contributed by atoms with Gasteiger partial charge in [0.1, 0.15) is 6.07 Å². The van der Waals surface area contributed by atoms with Gasteiger partial charge in [-0.1, -0.05) is 49.9 Å². The molecule has 0 aliphatic carbocycles. The summed E-state index contributed by atoms with van der Waals surface area (Å²) in [5.41, 5.74) is 3.90. The molecule has 0 saturated carbocycles. The minimum atomic E-state index is -0.545. The van der Waals surface area contributed by atoms with Gasteiger partial charge in [-0.05, 0) is 40.8 Å². The lowest BCUT2D eigenvalue weighted by Crippen LogP contribution is -1.92. The molecule has 0 amide bonds. The van der Waals surface area contributed by atoms with Crippen molar-refractivity contribution >= 4 is 39.9 Å². The Balaban J connectivity index is 1.97. The average Bonchev–Trinajstić information content (AvgIpc) is 3.05. The van der Waals surface area contributed by atoms with Crippen molar-refractivity contribution in [2.24, 2.45) is 0 Å². The van der Waals surface area contributed by atoms with Crippen LogP contribution in [0.5, 0.6) is 0 Å². The number of carbonyl (C=O) groups excluding carboxylic acids is 1. The number of pyridine rings is 1. The fraction of sp³-hybridized carbons (Fsp3) is 0.150. The summed E-state index contributed by atoms with van der Waals surface area (Å²) in [6.45, 7) is 4.33. The summed E-state index contributed by atoms with van der Waals surface area (Å²) in [4.78, 5) is 17.0. The Morgan fingerprint density at radius 1 is 1.27 bits per heavy atom. The topological polar surface area (TPSA) is 53.8 Å². The van der Waals surface area contributed by atoms with E-state index in [-0.39, 0.29) is 0 Å². The van der Waals surface area contributed by atoms with Crippen molar-refractivity contribution in [1.82, 2.24) is 4.98 Å². The molecule has 26 heavy (non-hydrogen) atoms. The normalized spacial score (nSPS) is 10.7. The van der Waals surface area contributed by atoms with Gasteiger partial charge in [0.2, 0.25) is 0 Å². The molecule has 6 heteroatoms. The van der Waals surface area contributed by atoms with Crippen molar-refractivity contribution in [2.45, 2.75) is 28.9 Å². The molecule has 3 rings (SSSR count). The van der Waals surface area contributed by atoms with Crippen LogP contribution in [0.2, 0.25) is 0 Å². The quantitative estimate of drug-likeness (QED) is 0.471. The standard InChI is InChI=1S/C20H15ClN2OS2/c1-12(2)16-5-3-4-6-17(16)14-7-15(11-23-10-14)25-20-13(9-22)8-18(26-20)19(21)24/h3-8,10-12H,1-2H3. The SMILES string of the molecule is CC(C)c1ccccc1-c1cncc(Sc2sc(C(=O)Cl)cc2C#N)c1. The number of rotatable bonds is 5. The van der Waals surface area contributed by atoms with Gasteiger partial charge in [-0.3, -0.25) is 9.78 Å². The van der Waals surface area contributed by atoms with Crippen molar-refractivity contribution in [2.75, 3.05) is 0 Å². The fourth-order valence-corrected chi connectivity index (χ4v) is 4.91. The van der Waals surface area contributed by atoms with Crippen LogP contribution in [-0.4, -0.2) is 10.2 Å². The van der Waals surface area contributed by atoms with Gasteiger partial charge in [-0.25, -0.2) is 0 Å². The number of benzene rings is 1. The van der Waals surface area contributed by atoms with E-state index >= 15 is 0 Å². The third-order valence-corrected chi connectivity index (χ3v) is 6.44. The van der Waals surface area contributed by atoms with E-state index in [0.717, 1.165) is 20.2 Å². The second-order valence-electron chi connectivity index (χ2n) is 5.95. The predicted molar refractivity (Wildman–Crippen MR) is 107 cm³/mol. The molecule has 0 saturated heterocycles. The molecule has 0 N–H and O–H groups in total. The third kappa shape index (κ3) is 3.99. The highest BCUT2D eigenvalue weighted by molar-refractivity contribution is 8.01. The monoisotopic (exact) mass is 398 g/mol. The van der Waals surface area contributed by atoms with E-state index in [0.29, 0.717) is 16.4 Å². The molecule has 1 aromatic carbocycles. The fourth-order valence-electron chi connectivity index (χ4n) is 2.62. The molecule has 0 atom stereocenters. The Morgan fingerprint density at radius 3 is 2.73 bits per heavy atom. The molecule has 0 radical (unpaired) electrons. The van der Waals surface area contributed by atoms with Gasteiger partial charge in [0.15, 0.2) is 0 Å². The lowest BCUT2D eigenvalue weighted by Gasteiger charge is -2.13. The molecule has 130 valence electrons. The van der Waals surface area contributed by atoms with Crippen LogP contribution >= 0.6 is 34.7 Å². The minimum Gasteiger partial charge on any atom is -0.275 e. The molecule has 2 heterocycles. The van der Waals surface area contributed by atoms with Crippen molar-refractivity contribution in [1.29, 1.82) is 5.26 Å². The van der Waals surface area contributed by atoms with Crippen molar-refractivity contribution in [3.63, 3.8) is 0 Å². The molecular weight excluding hydrogens is 384 g/mol. The summed E-state index contributed by atoms with van der Waals surface area (Å²) in [7, 11) is 0. The molecule has 0 bridgehead atoms. The molecule has 2 aromatic heterocycles. The van der Waals surface area contributed by atoms with Crippen LogP contribution in [0.1, 0.15) is 40.6 Å². The van der Waals surface area contributed by atoms with Gasteiger partial charge in [0.05, 0.1) is 14.6 Å². The van der Waals surface area contributed by atoms with Gasteiger partial charge in [0, 0.05) is 22.9 Å². The first-order valence-electron chi connectivity index (χ1n) is 7.95. The second-order valence-corrected chi connectivity index (χ2v) is 8.69. The number of hydrogen-bond acceptors (Lipinski definition) is 5. The number of hydrogen-bond donors (Lipinski definition) is 0. The first-order chi connectivity index (χ1) is 12.5. The number of thiophene rings is 1. The van der Waals surface area contributed by atoms with Gasteiger partial charge < -0.3 is 0 Å². The molecule has 0 aliphatic rings. The van der Waals surface area contributed by atoms with Gasteiger partial charge >= 0.3 is 0 Å². The van der Waals surface area contributed by atoms with Crippen molar-refractivity contribution < 1.29 is 4.79 Å². The van der Waals surface area contributed by atoms with E-state index in [2.05, 4.69) is 43.1 Å². The van der Waals surface area contributed by atoms with Crippen LogP contribution in [0, 0.1) is 11.3 Å². The smallest absolute Gasteiger partial charge is 0.262 e. The zero-order chi connectivity index (χ0) is 18.7. The lowest BCUT2D eigenvalue weighted by atomic mass is 9.93. The summed E-state index contributed by atoms with van der Waals surface area (Å²) in [6, 6.07) is 14.0. The largest absolute Gasteiger partial charge is 0.275 e. The molecule has 3 aromatic rings. The summed E-state index contributed by atoms with van der Waals surface area (Å²) in [5, 5.41) is 8.75. The van der Waals surface area contributed by atoms with Crippen LogP contribution in [0.4, 0.5) is 0 Å². The Morgan fingerprint density at radius 2 is 2.04 bits per heavy atom. The number of nitriles is 1. The highest BCUT2D eigenvalue weighted by Gasteiger charge is 2.15. The van der Waals surface area contributed by atoms with Crippen LogP contribution in [0.3, 0.4) is 0 Å². The van der Waals surface area contributed by atoms with Gasteiger partial charge in [0.25, 0.3) is 5.24 Å². The predicted octanol–water partition coefficient (Wildman–Crippen LogP) is 6.34. The number of halogens is 1. The Bertz CT molecular complexity index is 1010. The molecule has 3 nitrogen and oxygen atoms in total. The van der Waals surface area contributed by atoms with Crippen LogP contribution < -0.4 is 0 Å². The van der Waals surface area contributed by atoms with E-state index in [4.69, 9.17) is 11.6 Å².